The maximum absolute atomic E-state index is 11.0. The van der Waals surface area contributed by atoms with Gasteiger partial charge in [-0.1, -0.05) is 20.3 Å². The molecular weight excluding hydrogens is 138 g/mol. The van der Waals surface area contributed by atoms with Gasteiger partial charge in [-0.3, -0.25) is 4.79 Å². The van der Waals surface area contributed by atoms with Gasteiger partial charge in [0.05, 0.1) is 0 Å². The van der Waals surface area contributed by atoms with Crippen LogP contribution < -0.4 is 5.32 Å². The van der Waals surface area contributed by atoms with Crippen LogP contribution in [-0.2, 0) is 4.79 Å². The van der Waals surface area contributed by atoms with Crippen LogP contribution in [0.15, 0.2) is 0 Å². The topological polar surface area (TPSA) is 29.1 Å². The van der Waals surface area contributed by atoms with Gasteiger partial charge in [-0.15, -0.1) is 0 Å². The van der Waals surface area contributed by atoms with Crippen molar-refractivity contribution >= 4 is 5.91 Å². The SMILES string of the molecule is CCCC1(CC)CNC(=O)C1. The van der Waals surface area contributed by atoms with Crippen LogP contribution in [0.5, 0.6) is 0 Å². The molecule has 0 aliphatic carbocycles. The summed E-state index contributed by atoms with van der Waals surface area (Å²) >= 11 is 0. The molecule has 1 fully saturated rings. The standard InChI is InChI=1S/C9H17NO/c1-3-5-9(4-2)6-8(11)10-7-9/h3-7H2,1-2H3,(H,10,11). The Hall–Kier alpha value is -0.530. The molecule has 0 saturated carbocycles. The first-order chi connectivity index (χ1) is 5.22. The molecular formula is C9H17NO. The lowest BCUT2D eigenvalue weighted by atomic mass is 9.80. The second kappa shape index (κ2) is 3.24. The molecule has 64 valence electrons. The summed E-state index contributed by atoms with van der Waals surface area (Å²) in [6.45, 7) is 5.26. The molecule has 1 aliphatic rings. The predicted octanol–water partition coefficient (Wildman–Crippen LogP) is 1.70. The lowest BCUT2D eigenvalue weighted by Crippen LogP contribution is -2.22. The van der Waals surface area contributed by atoms with Crippen molar-refractivity contribution in [1.82, 2.24) is 5.32 Å². The minimum Gasteiger partial charge on any atom is -0.356 e. The Labute approximate surface area is 68.4 Å². The molecule has 0 radical (unpaired) electrons. The lowest BCUT2D eigenvalue weighted by Gasteiger charge is -2.24. The summed E-state index contributed by atoms with van der Waals surface area (Å²) in [4.78, 5) is 11.0. The first-order valence-electron chi connectivity index (χ1n) is 4.49. The molecule has 2 nitrogen and oxygen atoms in total. The number of carbonyl (C=O) groups is 1. The Morgan fingerprint density at radius 3 is 2.64 bits per heavy atom. The summed E-state index contributed by atoms with van der Waals surface area (Å²) in [5.41, 5.74) is 0.297. The molecule has 2 heteroatoms. The summed E-state index contributed by atoms with van der Waals surface area (Å²) < 4.78 is 0. The van der Waals surface area contributed by atoms with Crippen molar-refractivity contribution < 1.29 is 4.79 Å². The van der Waals surface area contributed by atoms with Crippen LogP contribution in [0.2, 0.25) is 0 Å². The normalized spacial score (nSPS) is 30.5. The van der Waals surface area contributed by atoms with E-state index in [9.17, 15) is 4.79 Å². The van der Waals surface area contributed by atoms with Crippen molar-refractivity contribution in [2.24, 2.45) is 5.41 Å². The third kappa shape index (κ3) is 1.73. The Morgan fingerprint density at radius 1 is 1.55 bits per heavy atom. The van der Waals surface area contributed by atoms with E-state index in [4.69, 9.17) is 0 Å². The maximum atomic E-state index is 11.0. The van der Waals surface area contributed by atoms with Crippen LogP contribution in [0.1, 0.15) is 39.5 Å². The van der Waals surface area contributed by atoms with Gasteiger partial charge in [0.2, 0.25) is 5.91 Å². The van der Waals surface area contributed by atoms with Crippen LogP contribution in [0.3, 0.4) is 0 Å². The van der Waals surface area contributed by atoms with E-state index in [1.54, 1.807) is 0 Å². The van der Waals surface area contributed by atoms with Crippen molar-refractivity contribution in [3.8, 4) is 0 Å². The molecule has 1 aliphatic heterocycles. The number of amides is 1. The first-order valence-corrected chi connectivity index (χ1v) is 4.49. The van der Waals surface area contributed by atoms with Crippen molar-refractivity contribution in [1.29, 1.82) is 0 Å². The van der Waals surface area contributed by atoms with Crippen molar-refractivity contribution in [3.05, 3.63) is 0 Å². The fourth-order valence-electron chi connectivity index (χ4n) is 1.89. The zero-order chi connectivity index (χ0) is 8.32. The minimum atomic E-state index is 0.236. The molecule has 1 amide bonds. The predicted molar refractivity (Wildman–Crippen MR) is 45.3 cm³/mol. The first kappa shape index (κ1) is 8.57. The zero-order valence-corrected chi connectivity index (χ0v) is 7.44. The Balaban J connectivity index is 2.54. The molecule has 1 atom stereocenters. The lowest BCUT2D eigenvalue weighted by molar-refractivity contribution is -0.119. The van der Waals surface area contributed by atoms with E-state index >= 15 is 0 Å². The number of nitrogens with one attached hydrogen (secondary N) is 1. The van der Waals surface area contributed by atoms with E-state index in [0.717, 1.165) is 19.4 Å². The maximum Gasteiger partial charge on any atom is 0.220 e. The monoisotopic (exact) mass is 155 g/mol. The Kier molecular flexibility index (Phi) is 2.53. The van der Waals surface area contributed by atoms with Gasteiger partial charge in [-0.2, -0.15) is 0 Å². The van der Waals surface area contributed by atoms with Gasteiger partial charge in [-0.25, -0.2) is 0 Å². The fraction of sp³-hybridized carbons (Fsp3) is 0.889. The average molecular weight is 155 g/mol. The van der Waals surface area contributed by atoms with Crippen LogP contribution in [0.4, 0.5) is 0 Å². The molecule has 1 N–H and O–H groups in total. The molecule has 11 heavy (non-hydrogen) atoms. The third-order valence-corrected chi connectivity index (χ3v) is 2.73. The van der Waals surface area contributed by atoms with Crippen LogP contribution in [0, 0.1) is 5.41 Å². The van der Waals surface area contributed by atoms with Gasteiger partial charge in [0.1, 0.15) is 0 Å². The van der Waals surface area contributed by atoms with Crippen molar-refractivity contribution in [2.45, 2.75) is 39.5 Å². The summed E-state index contributed by atoms with van der Waals surface area (Å²) in [6.07, 6.45) is 4.24. The third-order valence-electron chi connectivity index (χ3n) is 2.73. The second-order valence-corrected chi connectivity index (χ2v) is 3.56. The summed E-state index contributed by atoms with van der Waals surface area (Å²) in [5.74, 6) is 0.236. The van der Waals surface area contributed by atoms with E-state index in [0.29, 0.717) is 5.41 Å². The highest BCUT2D eigenvalue weighted by Crippen LogP contribution is 2.34. The number of rotatable bonds is 3. The molecule has 1 heterocycles. The summed E-state index contributed by atoms with van der Waals surface area (Å²) in [5, 5.41) is 2.91. The highest BCUT2D eigenvalue weighted by atomic mass is 16.1. The van der Waals surface area contributed by atoms with E-state index in [-0.39, 0.29) is 5.91 Å². The summed E-state index contributed by atoms with van der Waals surface area (Å²) in [7, 11) is 0. The Bertz CT molecular complexity index is 156. The highest BCUT2D eigenvalue weighted by Gasteiger charge is 2.35. The highest BCUT2D eigenvalue weighted by molar-refractivity contribution is 5.79. The molecule has 0 bridgehead atoms. The van der Waals surface area contributed by atoms with Crippen LogP contribution >= 0.6 is 0 Å². The van der Waals surface area contributed by atoms with Crippen LogP contribution in [-0.4, -0.2) is 12.5 Å². The van der Waals surface area contributed by atoms with E-state index in [2.05, 4.69) is 19.2 Å². The van der Waals surface area contributed by atoms with E-state index in [1.165, 1.54) is 12.8 Å². The largest absolute Gasteiger partial charge is 0.356 e. The van der Waals surface area contributed by atoms with E-state index < -0.39 is 0 Å². The van der Waals surface area contributed by atoms with Gasteiger partial charge in [0, 0.05) is 13.0 Å². The number of hydrogen-bond acceptors (Lipinski definition) is 1. The molecule has 1 unspecified atom stereocenters. The van der Waals surface area contributed by atoms with Gasteiger partial charge in [-0.05, 0) is 18.3 Å². The van der Waals surface area contributed by atoms with Gasteiger partial charge < -0.3 is 5.32 Å². The molecule has 0 aromatic carbocycles. The smallest absolute Gasteiger partial charge is 0.220 e. The molecule has 1 rings (SSSR count). The molecule has 1 saturated heterocycles. The quantitative estimate of drug-likeness (QED) is 0.660. The van der Waals surface area contributed by atoms with Gasteiger partial charge in [0.15, 0.2) is 0 Å². The fourth-order valence-corrected chi connectivity index (χ4v) is 1.89. The summed E-state index contributed by atoms with van der Waals surface area (Å²) in [6, 6.07) is 0. The zero-order valence-electron chi connectivity index (χ0n) is 7.44. The van der Waals surface area contributed by atoms with Gasteiger partial charge >= 0.3 is 0 Å². The van der Waals surface area contributed by atoms with Crippen molar-refractivity contribution in [3.63, 3.8) is 0 Å². The van der Waals surface area contributed by atoms with Gasteiger partial charge in [0.25, 0.3) is 0 Å². The average Bonchev–Trinajstić information content (AvgIpc) is 2.34. The second-order valence-electron chi connectivity index (χ2n) is 3.56. The Morgan fingerprint density at radius 2 is 2.27 bits per heavy atom. The number of carbonyl (C=O) groups excluding carboxylic acids is 1. The molecule has 0 spiro atoms. The molecule has 0 aromatic heterocycles. The van der Waals surface area contributed by atoms with Crippen LogP contribution in [0.25, 0.3) is 0 Å². The minimum absolute atomic E-state index is 0.236. The van der Waals surface area contributed by atoms with Crippen molar-refractivity contribution in [2.75, 3.05) is 6.54 Å². The number of hydrogen-bond donors (Lipinski definition) is 1. The molecule has 0 aromatic rings. The van der Waals surface area contributed by atoms with E-state index in [1.807, 2.05) is 0 Å².